The molecule has 1 nitrogen and oxygen atoms in total. The molecule has 0 spiro atoms. The average Bonchev–Trinajstić information content (AvgIpc) is 2.06. The lowest BCUT2D eigenvalue weighted by molar-refractivity contribution is 0.449. The molecule has 0 bridgehead atoms. The van der Waals surface area contributed by atoms with Crippen LogP contribution in [0.1, 0.15) is 12.8 Å². The monoisotopic (exact) mass is 167 g/mol. The third-order valence-electron chi connectivity index (χ3n) is 2.21. The highest BCUT2D eigenvalue weighted by Crippen LogP contribution is 2.33. The van der Waals surface area contributed by atoms with Crippen LogP contribution in [0, 0.1) is 0 Å². The maximum absolute atomic E-state index is 2.36. The van der Waals surface area contributed by atoms with E-state index in [1.165, 1.54) is 30.8 Å². The third-order valence-corrected chi connectivity index (χ3v) is 3.36. The summed E-state index contributed by atoms with van der Waals surface area (Å²) in [6.45, 7) is 1.20. The van der Waals surface area contributed by atoms with Crippen LogP contribution < -0.4 is 0 Å². The minimum absolute atomic E-state index is 1.20. The second-order valence-electron chi connectivity index (χ2n) is 3.02. The number of hydrogen-bond donors (Lipinski definition) is 0. The van der Waals surface area contributed by atoms with Crippen molar-refractivity contribution in [3.63, 3.8) is 0 Å². The molecule has 2 aliphatic rings. The van der Waals surface area contributed by atoms with Crippen LogP contribution >= 0.6 is 11.8 Å². The van der Waals surface area contributed by atoms with Gasteiger partial charge in [-0.15, -0.1) is 11.8 Å². The van der Waals surface area contributed by atoms with E-state index in [-0.39, 0.29) is 0 Å². The summed E-state index contributed by atoms with van der Waals surface area (Å²) in [7, 11) is 2.19. The Morgan fingerprint density at radius 2 is 2.45 bits per heavy atom. The van der Waals surface area contributed by atoms with Gasteiger partial charge in [-0.3, -0.25) is 0 Å². The fourth-order valence-corrected chi connectivity index (χ4v) is 2.79. The van der Waals surface area contributed by atoms with Crippen molar-refractivity contribution in [1.82, 2.24) is 4.90 Å². The minimum atomic E-state index is 1.20. The Kier molecular flexibility index (Phi) is 1.95. The molecule has 2 heteroatoms. The molecule has 11 heavy (non-hydrogen) atoms. The van der Waals surface area contributed by atoms with Crippen molar-refractivity contribution in [3.8, 4) is 0 Å². The van der Waals surface area contributed by atoms with E-state index < -0.39 is 0 Å². The fourth-order valence-electron chi connectivity index (χ4n) is 1.54. The first-order chi connectivity index (χ1) is 5.38. The molecule has 0 saturated heterocycles. The van der Waals surface area contributed by atoms with E-state index in [4.69, 9.17) is 0 Å². The summed E-state index contributed by atoms with van der Waals surface area (Å²) >= 11 is 2.04. The van der Waals surface area contributed by atoms with Gasteiger partial charge in [0, 0.05) is 29.9 Å². The summed E-state index contributed by atoms with van der Waals surface area (Å²) in [6, 6.07) is 0. The van der Waals surface area contributed by atoms with Gasteiger partial charge in [0.05, 0.1) is 0 Å². The number of allylic oxidation sites excluding steroid dienone is 3. The summed E-state index contributed by atoms with van der Waals surface area (Å²) in [4.78, 5) is 3.96. The van der Waals surface area contributed by atoms with Gasteiger partial charge >= 0.3 is 0 Å². The topological polar surface area (TPSA) is 3.24 Å². The molecule has 0 aromatic heterocycles. The molecule has 0 N–H and O–H groups in total. The van der Waals surface area contributed by atoms with Crippen LogP contribution in [0.3, 0.4) is 0 Å². The van der Waals surface area contributed by atoms with E-state index in [1.807, 2.05) is 11.8 Å². The van der Waals surface area contributed by atoms with Crippen LogP contribution in [0.15, 0.2) is 22.8 Å². The summed E-state index contributed by atoms with van der Waals surface area (Å²) < 4.78 is 0. The van der Waals surface area contributed by atoms with Crippen molar-refractivity contribution in [2.45, 2.75) is 12.8 Å². The van der Waals surface area contributed by atoms with Crippen molar-refractivity contribution in [1.29, 1.82) is 0 Å². The van der Waals surface area contributed by atoms with E-state index in [0.717, 1.165) is 0 Å². The number of nitrogens with zero attached hydrogens (tertiary/aromatic N) is 1. The van der Waals surface area contributed by atoms with Crippen LogP contribution in [-0.2, 0) is 0 Å². The van der Waals surface area contributed by atoms with E-state index in [1.54, 1.807) is 4.91 Å². The minimum Gasteiger partial charge on any atom is -0.373 e. The quantitative estimate of drug-likeness (QED) is 0.544. The highest BCUT2D eigenvalue weighted by Gasteiger charge is 2.16. The maximum Gasteiger partial charge on any atom is 0.0457 e. The molecule has 2 rings (SSSR count). The lowest BCUT2D eigenvalue weighted by Gasteiger charge is -2.30. The van der Waals surface area contributed by atoms with Crippen LogP contribution in [0.25, 0.3) is 0 Å². The number of rotatable bonds is 0. The molecule has 0 aromatic carbocycles. The van der Waals surface area contributed by atoms with E-state index >= 15 is 0 Å². The van der Waals surface area contributed by atoms with Crippen LogP contribution in [-0.4, -0.2) is 24.2 Å². The second-order valence-corrected chi connectivity index (χ2v) is 4.21. The van der Waals surface area contributed by atoms with Gasteiger partial charge in [-0.25, -0.2) is 0 Å². The first kappa shape index (κ1) is 7.29. The Morgan fingerprint density at radius 3 is 3.27 bits per heavy atom. The number of thioether (sulfide) groups is 1. The van der Waals surface area contributed by atoms with E-state index in [9.17, 15) is 0 Å². The molecule has 0 amide bonds. The Morgan fingerprint density at radius 1 is 1.55 bits per heavy atom. The highest BCUT2D eigenvalue weighted by molar-refractivity contribution is 8.03. The molecule has 0 saturated carbocycles. The Bertz CT molecular complexity index is 218. The highest BCUT2D eigenvalue weighted by atomic mass is 32.2. The number of likely N-dealkylation sites (N-methyl/N-ethyl adjacent to an activating group) is 1. The van der Waals surface area contributed by atoms with Gasteiger partial charge in [-0.05, 0) is 18.9 Å². The zero-order valence-corrected chi connectivity index (χ0v) is 7.66. The van der Waals surface area contributed by atoms with E-state index in [0.29, 0.717) is 0 Å². The number of hydrogen-bond acceptors (Lipinski definition) is 2. The zero-order chi connectivity index (χ0) is 7.68. The first-order valence-electron chi connectivity index (χ1n) is 4.11. The molecule has 0 aromatic rings. The second kappa shape index (κ2) is 2.94. The molecule has 0 unspecified atom stereocenters. The van der Waals surface area contributed by atoms with Crippen LogP contribution in [0.5, 0.6) is 0 Å². The van der Waals surface area contributed by atoms with Gasteiger partial charge in [0.1, 0.15) is 0 Å². The van der Waals surface area contributed by atoms with Gasteiger partial charge < -0.3 is 4.90 Å². The summed E-state index contributed by atoms with van der Waals surface area (Å²) in [5.74, 6) is 1.27. The molecule has 1 heterocycles. The molecule has 0 atom stereocenters. The van der Waals surface area contributed by atoms with Crippen molar-refractivity contribution in [3.05, 3.63) is 22.8 Å². The largest absolute Gasteiger partial charge is 0.373 e. The van der Waals surface area contributed by atoms with Crippen LogP contribution in [0.2, 0.25) is 0 Å². The molecule has 0 fully saturated rings. The lowest BCUT2D eigenvalue weighted by atomic mass is 10.1. The van der Waals surface area contributed by atoms with Crippen molar-refractivity contribution in [2.24, 2.45) is 0 Å². The Labute approximate surface area is 72.2 Å². The van der Waals surface area contributed by atoms with Crippen molar-refractivity contribution in [2.75, 3.05) is 19.3 Å². The fraction of sp³-hybridized carbons (Fsp3) is 0.556. The Balaban J connectivity index is 2.28. The predicted octanol–water partition coefficient (Wildman–Crippen LogP) is 2.23. The average molecular weight is 167 g/mol. The summed E-state index contributed by atoms with van der Waals surface area (Å²) in [5.41, 5.74) is 1.47. The summed E-state index contributed by atoms with van der Waals surface area (Å²) in [5, 5.41) is 0. The maximum atomic E-state index is 2.36. The molecule has 1 aliphatic heterocycles. The van der Waals surface area contributed by atoms with Crippen LogP contribution in [0.4, 0.5) is 0 Å². The van der Waals surface area contributed by atoms with E-state index in [2.05, 4.69) is 24.1 Å². The van der Waals surface area contributed by atoms with Gasteiger partial charge in [0.2, 0.25) is 0 Å². The normalized spacial score (nSPS) is 23.9. The summed E-state index contributed by atoms with van der Waals surface area (Å²) in [6.07, 6.45) is 7.05. The lowest BCUT2D eigenvalue weighted by Crippen LogP contribution is -2.25. The smallest absolute Gasteiger partial charge is 0.0457 e. The van der Waals surface area contributed by atoms with Gasteiger partial charge in [-0.1, -0.05) is 6.08 Å². The third kappa shape index (κ3) is 1.32. The van der Waals surface area contributed by atoms with Gasteiger partial charge in [-0.2, -0.15) is 0 Å². The first-order valence-corrected chi connectivity index (χ1v) is 5.10. The van der Waals surface area contributed by atoms with Crippen molar-refractivity contribution < 1.29 is 0 Å². The molecular formula is C9H13NS. The molecular weight excluding hydrogens is 154 g/mol. The molecule has 0 radical (unpaired) electrons. The standard InChI is InChI=1S/C9H13NS/c1-10-6-7-11-9-5-3-2-4-8(9)10/h2,4H,3,5-7H2,1H3. The van der Waals surface area contributed by atoms with Gasteiger partial charge in [0.15, 0.2) is 0 Å². The molecule has 1 aliphatic carbocycles. The Hall–Kier alpha value is -0.370. The van der Waals surface area contributed by atoms with Gasteiger partial charge in [0.25, 0.3) is 0 Å². The van der Waals surface area contributed by atoms with Crippen molar-refractivity contribution >= 4 is 11.8 Å². The predicted molar refractivity (Wildman–Crippen MR) is 50.5 cm³/mol. The SMILES string of the molecule is CN1CCSC2=C1C=CCC2. The molecule has 60 valence electrons. The zero-order valence-electron chi connectivity index (χ0n) is 6.84.